The second-order valence-corrected chi connectivity index (χ2v) is 5.01. The number of hydrazine groups is 1. The first-order chi connectivity index (χ1) is 6.33. The lowest BCUT2D eigenvalue weighted by Crippen LogP contribution is -2.41. The monoisotopic (exact) mass is 181 g/mol. The molecule has 2 saturated heterocycles. The molecule has 74 valence electrons. The summed E-state index contributed by atoms with van der Waals surface area (Å²) in [4.78, 5) is 2.71. The maximum absolute atomic E-state index is 5.81. The van der Waals surface area contributed by atoms with Crippen LogP contribution in [0.1, 0.15) is 19.3 Å². The molecule has 2 aliphatic heterocycles. The highest BCUT2D eigenvalue weighted by Crippen LogP contribution is 2.35. The van der Waals surface area contributed by atoms with Gasteiger partial charge in [0.25, 0.3) is 0 Å². The van der Waals surface area contributed by atoms with Crippen LogP contribution in [0.25, 0.3) is 0 Å². The third kappa shape index (κ3) is 1.30. The molecular weight excluding hydrogens is 162 g/mol. The summed E-state index contributed by atoms with van der Waals surface area (Å²) >= 11 is 0. The van der Waals surface area contributed by atoms with E-state index < -0.39 is 0 Å². The van der Waals surface area contributed by atoms with Crippen molar-refractivity contribution in [2.75, 3.05) is 26.2 Å². The lowest BCUT2D eigenvalue weighted by molar-refractivity contribution is 0.139. The van der Waals surface area contributed by atoms with Gasteiger partial charge >= 0.3 is 0 Å². The summed E-state index contributed by atoms with van der Waals surface area (Å²) in [6.07, 6.45) is 4.36. The minimum Gasteiger partial charge on any atom is -0.300 e. The zero-order valence-corrected chi connectivity index (χ0v) is 8.15. The predicted octanol–water partition coefficient (Wildman–Crippen LogP) is 0.276. The Hall–Kier alpha value is -0.120. The van der Waals surface area contributed by atoms with E-state index in [1.807, 2.05) is 5.01 Å². The third-order valence-electron chi connectivity index (χ3n) is 4.13. The SMILES string of the molecule is NN1C[C@@H]2CN(C3CCC3)C[C@@H]2C1. The van der Waals surface area contributed by atoms with Crippen LogP contribution in [0.3, 0.4) is 0 Å². The summed E-state index contributed by atoms with van der Waals surface area (Å²) in [5.74, 6) is 7.57. The average Bonchev–Trinajstić information content (AvgIpc) is 2.39. The molecule has 0 spiro atoms. The average molecular weight is 181 g/mol. The Morgan fingerprint density at radius 2 is 1.54 bits per heavy atom. The second kappa shape index (κ2) is 2.94. The molecular formula is C10H19N3. The Morgan fingerprint density at radius 1 is 0.923 bits per heavy atom. The van der Waals surface area contributed by atoms with E-state index in [4.69, 9.17) is 5.84 Å². The molecule has 3 nitrogen and oxygen atoms in total. The Bertz CT molecular complexity index is 188. The van der Waals surface area contributed by atoms with E-state index in [-0.39, 0.29) is 0 Å². The lowest BCUT2D eigenvalue weighted by atomic mass is 9.92. The standard InChI is InChI=1S/C10H19N3/c11-13-6-8-4-12(5-9(8)7-13)10-2-1-3-10/h8-10H,1-7,11H2/t8-,9+. The van der Waals surface area contributed by atoms with Gasteiger partial charge in [0.2, 0.25) is 0 Å². The van der Waals surface area contributed by atoms with Crippen LogP contribution in [0.5, 0.6) is 0 Å². The van der Waals surface area contributed by atoms with E-state index in [2.05, 4.69) is 4.90 Å². The van der Waals surface area contributed by atoms with Gasteiger partial charge in [-0.1, -0.05) is 6.42 Å². The van der Waals surface area contributed by atoms with E-state index in [0.29, 0.717) is 0 Å². The normalized spacial score (nSPS) is 42.2. The van der Waals surface area contributed by atoms with Crippen molar-refractivity contribution < 1.29 is 0 Å². The van der Waals surface area contributed by atoms with Gasteiger partial charge in [0.1, 0.15) is 0 Å². The number of nitrogens with zero attached hydrogens (tertiary/aromatic N) is 2. The van der Waals surface area contributed by atoms with Crippen LogP contribution in [0.4, 0.5) is 0 Å². The van der Waals surface area contributed by atoms with Crippen LogP contribution in [0, 0.1) is 11.8 Å². The first-order valence-corrected chi connectivity index (χ1v) is 5.56. The van der Waals surface area contributed by atoms with Crippen molar-refractivity contribution >= 4 is 0 Å². The first kappa shape index (κ1) is 8.21. The van der Waals surface area contributed by atoms with Gasteiger partial charge in [-0.3, -0.25) is 10.7 Å². The van der Waals surface area contributed by atoms with E-state index in [0.717, 1.165) is 31.0 Å². The molecule has 0 radical (unpaired) electrons. The highest BCUT2D eigenvalue weighted by molar-refractivity contribution is 4.95. The number of rotatable bonds is 1. The summed E-state index contributed by atoms with van der Waals surface area (Å²) in [5, 5.41) is 2.01. The van der Waals surface area contributed by atoms with Crippen LogP contribution in [0.2, 0.25) is 0 Å². The molecule has 3 heteroatoms. The van der Waals surface area contributed by atoms with E-state index >= 15 is 0 Å². The maximum Gasteiger partial charge on any atom is 0.0172 e. The summed E-state index contributed by atoms with van der Waals surface area (Å²) < 4.78 is 0. The van der Waals surface area contributed by atoms with Gasteiger partial charge in [-0.15, -0.1) is 0 Å². The molecule has 3 rings (SSSR count). The molecule has 2 N–H and O–H groups in total. The highest BCUT2D eigenvalue weighted by Gasteiger charge is 2.42. The van der Waals surface area contributed by atoms with Crippen molar-refractivity contribution in [3.63, 3.8) is 0 Å². The van der Waals surface area contributed by atoms with Crippen LogP contribution in [0.15, 0.2) is 0 Å². The lowest BCUT2D eigenvalue weighted by Gasteiger charge is -2.35. The van der Waals surface area contributed by atoms with Crippen LogP contribution in [-0.2, 0) is 0 Å². The molecule has 0 aromatic heterocycles. The number of nitrogens with two attached hydrogens (primary N) is 1. The van der Waals surface area contributed by atoms with Crippen molar-refractivity contribution in [1.29, 1.82) is 0 Å². The maximum atomic E-state index is 5.81. The minimum atomic E-state index is 0.880. The number of fused-ring (bicyclic) bond motifs is 1. The Kier molecular flexibility index (Phi) is 1.86. The molecule has 0 aromatic carbocycles. The van der Waals surface area contributed by atoms with Crippen LogP contribution < -0.4 is 5.84 Å². The Morgan fingerprint density at radius 3 is 2.00 bits per heavy atom. The summed E-state index contributed by atoms with van der Waals surface area (Å²) in [6, 6.07) is 0.942. The molecule has 2 atom stereocenters. The van der Waals surface area contributed by atoms with Crippen LogP contribution in [-0.4, -0.2) is 42.1 Å². The molecule has 1 aliphatic carbocycles. The zero-order chi connectivity index (χ0) is 8.84. The van der Waals surface area contributed by atoms with Gasteiger partial charge in [-0.2, -0.15) is 0 Å². The predicted molar refractivity (Wildman–Crippen MR) is 52.0 cm³/mol. The van der Waals surface area contributed by atoms with Crippen molar-refractivity contribution in [3.05, 3.63) is 0 Å². The Labute approximate surface area is 79.8 Å². The van der Waals surface area contributed by atoms with Crippen molar-refractivity contribution in [1.82, 2.24) is 9.91 Å². The van der Waals surface area contributed by atoms with Gasteiger partial charge in [0, 0.05) is 32.2 Å². The smallest absolute Gasteiger partial charge is 0.0172 e. The first-order valence-electron chi connectivity index (χ1n) is 5.56. The van der Waals surface area contributed by atoms with Gasteiger partial charge in [-0.25, -0.2) is 5.01 Å². The Balaban J connectivity index is 1.61. The molecule has 0 aromatic rings. The second-order valence-electron chi connectivity index (χ2n) is 5.01. The highest BCUT2D eigenvalue weighted by atomic mass is 15.4. The van der Waals surface area contributed by atoms with Crippen molar-refractivity contribution in [2.24, 2.45) is 17.7 Å². The summed E-state index contributed by atoms with van der Waals surface area (Å²) in [7, 11) is 0. The quantitative estimate of drug-likeness (QED) is 0.590. The summed E-state index contributed by atoms with van der Waals surface area (Å²) in [5.41, 5.74) is 0. The third-order valence-corrected chi connectivity index (χ3v) is 4.13. The fourth-order valence-electron chi connectivity index (χ4n) is 3.12. The molecule has 2 heterocycles. The number of likely N-dealkylation sites (tertiary alicyclic amines) is 1. The molecule has 0 unspecified atom stereocenters. The molecule has 0 bridgehead atoms. The molecule has 1 saturated carbocycles. The van der Waals surface area contributed by atoms with Crippen molar-refractivity contribution in [2.45, 2.75) is 25.3 Å². The van der Waals surface area contributed by atoms with Crippen LogP contribution >= 0.6 is 0 Å². The molecule has 0 amide bonds. The number of hydrogen-bond donors (Lipinski definition) is 1. The number of hydrogen-bond acceptors (Lipinski definition) is 3. The topological polar surface area (TPSA) is 32.5 Å². The molecule has 13 heavy (non-hydrogen) atoms. The largest absolute Gasteiger partial charge is 0.300 e. The van der Waals surface area contributed by atoms with Gasteiger partial charge in [0.15, 0.2) is 0 Å². The van der Waals surface area contributed by atoms with Gasteiger partial charge in [-0.05, 0) is 24.7 Å². The van der Waals surface area contributed by atoms with E-state index in [1.54, 1.807) is 0 Å². The molecule has 3 aliphatic rings. The van der Waals surface area contributed by atoms with Gasteiger partial charge in [0.05, 0.1) is 0 Å². The van der Waals surface area contributed by atoms with E-state index in [9.17, 15) is 0 Å². The fraction of sp³-hybridized carbons (Fsp3) is 1.00. The van der Waals surface area contributed by atoms with Gasteiger partial charge < -0.3 is 0 Å². The summed E-state index contributed by atoms with van der Waals surface area (Å²) in [6.45, 7) is 4.91. The fourth-order valence-corrected chi connectivity index (χ4v) is 3.12. The molecule has 3 fully saturated rings. The zero-order valence-electron chi connectivity index (χ0n) is 8.15. The minimum absolute atomic E-state index is 0.880. The van der Waals surface area contributed by atoms with E-state index in [1.165, 1.54) is 32.4 Å². The van der Waals surface area contributed by atoms with Crippen molar-refractivity contribution in [3.8, 4) is 0 Å².